The van der Waals surface area contributed by atoms with Crippen molar-refractivity contribution in [3.8, 4) is 11.3 Å². The highest BCUT2D eigenvalue weighted by atomic mass is 35.5. The molecule has 0 aliphatic heterocycles. The Hall–Kier alpha value is -2.44. The van der Waals surface area contributed by atoms with Gasteiger partial charge < -0.3 is 0 Å². The van der Waals surface area contributed by atoms with Crippen molar-refractivity contribution in [1.29, 1.82) is 0 Å². The molecule has 2 N–H and O–H groups in total. The Morgan fingerprint density at radius 2 is 2.12 bits per heavy atom. The normalized spacial score (nSPS) is 11.4. The van der Waals surface area contributed by atoms with Gasteiger partial charge in [0.1, 0.15) is 0 Å². The average Bonchev–Trinajstić information content (AvgIpc) is 3.25. The van der Waals surface area contributed by atoms with E-state index in [9.17, 15) is 4.79 Å². The Bertz CT molecular complexity index is 896. The van der Waals surface area contributed by atoms with Gasteiger partial charge in [0, 0.05) is 26.4 Å². The van der Waals surface area contributed by atoms with Gasteiger partial charge in [0.05, 0.1) is 23.7 Å². The molecule has 0 saturated heterocycles. The molecule has 25 heavy (non-hydrogen) atoms. The third-order valence-electron chi connectivity index (χ3n) is 3.62. The minimum absolute atomic E-state index is 0.226. The number of aromatic amines is 1. The summed E-state index contributed by atoms with van der Waals surface area (Å²) < 4.78 is 0. The van der Waals surface area contributed by atoms with Crippen LogP contribution in [0.1, 0.15) is 40.6 Å². The van der Waals surface area contributed by atoms with Crippen LogP contribution in [0.25, 0.3) is 11.3 Å². The fourth-order valence-corrected chi connectivity index (χ4v) is 3.27. The van der Waals surface area contributed by atoms with Crippen molar-refractivity contribution in [2.45, 2.75) is 19.8 Å². The zero-order valence-electron chi connectivity index (χ0n) is 13.8. The molecule has 0 atom stereocenters. The predicted molar refractivity (Wildman–Crippen MR) is 103 cm³/mol. The van der Waals surface area contributed by atoms with Crippen LogP contribution in [-0.4, -0.2) is 22.3 Å². The Labute approximate surface area is 154 Å². The van der Waals surface area contributed by atoms with E-state index in [0.29, 0.717) is 16.5 Å². The summed E-state index contributed by atoms with van der Waals surface area (Å²) >= 11 is 7.49. The van der Waals surface area contributed by atoms with E-state index in [2.05, 4.69) is 34.6 Å². The molecule has 0 aliphatic rings. The lowest BCUT2D eigenvalue weighted by Gasteiger charge is -2.00. The van der Waals surface area contributed by atoms with Crippen molar-refractivity contribution in [1.82, 2.24) is 15.6 Å². The number of amides is 1. The van der Waals surface area contributed by atoms with Crippen LogP contribution in [-0.2, 0) is 0 Å². The number of hydrazone groups is 1. The van der Waals surface area contributed by atoms with E-state index in [0.717, 1.165) is 16.8 Å². The van der Waals surface area contributed by atoms with Crippen molar-refractivity contribution in [3.63, 3.8) is 0 Å². The summed E-state index contributed by atoms with van der Waals surface area (Å²) in [6, 6.07) is 9.30. The molecule has 0 radical (unpaired) electrons. The molecular weight excluding hydrogens is 356 g/mol. The standard InChI is InChI=1S/C18H17ClN4OS/c1-11(2)16-7-13(10-25-16)18(24)23-21-9-14-8-20-22-17(14)12-3-5-15(19)6-4-12/h3-11H,1-2H3,(H,20,22)(H,23,24)/b21-9+. The van der Waals surface area contributed by atoms with Gasteiger partial charge in [0.15, 0.2) is 0 Å². The fourth-order valence-electron chi connectivity index (χ4n) is 2.24. The van der Waals surface area contributed by atoms with E-state index in [-0.39, 0.29) is 5.91 Å². The predicted octanol–water partition coefficient (Wildman–Crippen LogP) is 4.68. The molecule has 0 aliphatic carbocycles. The second-order valence-electron chi connectivity index (χ2n) is 5.80. The van der Waals surface area contributed by atoms with E-state index in [1.165, 1.54) is 4.88 Å². The number of thiophene rings is 1. The molecule has 2 heterocycles. The second-order valence-corrected chi connectivity index (χ2v) is 7.18. The molecule has 0 bridgehead atoms. The maximum atomic E-state index is 12.1. The lowest BCUT2D eigenvalue weighted by atomic mass is 10.1. The van der Waals surface area contributed by atoms with Crippen LogP contribution in [0.5, 0.6) is 0 Å². The van der Waals surface area contributed by atoms with Crippen LogP contribution < -0.4 is 5.43 Å². The van der Waals surface area contributed by atoms with Crippen molar-refractivity contribution >= 4 is 35.1 Å². The van der Waals surface area contributed by atoms with Gasteiger partial charge in [-0.05, 0) is 24.1 Å². The van der Waals surface area contributed by atoms with Crippen molar-refractivity contribution in [2.24, 2.45) is 5.10 Å². The molecule has 128 valence electrons. The summed E-state index contributed by atoms with van der Waals surface area (Å²) in [5.41, 5.74) is 5.70. The van der Waals surface area contributed by atoms with E-state index in [1.807, 2.05) is 35.7 Å². The SMILES string of the molecule is CC(C)c1cc(C(=O)N/N=C/c2cn[nH]c2-c2ccc(Cl)cc2)cs1. The van der Waals surface area contributed by atoms with E-state index < -0.39 is 0 Å². The molecule has 0 spiro atoms. The lowest BCUT2D eigenvalue weighted by molar-refractivity contribution is 0.0955. The van der Waals surface area contributed by atoms with Crippen LogP contribution in [0.3, 0.4) is 0 Å². The first-order valence-electron chi connectivity index (χ1n) is 7.75. The molecule has 2 aromatic heterocycles. The summed E-state index contributed by atoms with van der Waals surface area (Å²) in [6.45, 7) is 4.20. The summed E-state index contributed by atoms with van der Waals surface area (Å²) in [5.74, 6) is 0.179. The summed E-state index contributed by atoms with van der Waals surface area (Å²) in [7, 11) is 0. The number of carbonyl (C=O) groups excluding carboxylic acids is 1. The van der Waals surface area contributed by atoms with Gasteiger partial charge in [-0.1, -0.05) is 37.6 Å². The van der Waals surface area contributed by atoms with Gasteiger partial charge in [0.25, 0.3) is 5.91 Å². The number of nitrogens with one attached hydrogen (secondary N) is 2. The number of nitrogens with zero attached hydrogens (tertiary/aromatic N) is 2. The Morgan fingerprint density at radius 1 is 1.36 bits per heavy atom. The summed E-state index contributed by atoms with van der Waals surface area (Å²) in [4.78, 5) is 13.3. The quantitative estimate of drug-likeness (QED) is 0.504. The van der Waals surface area contributed by atoms with Crippen molar-refractivity contribution < 1.29 is 4.79 Å². The number of carbonyl (C=O) groups is 1. The minimum atomic E-state index is -0.226. The topological polar surface area (TPSA) is 70.1 Å². The highest BCUT2D eigenvalue weighted by Crippen LogP contribution is 2.23. The van der Waals surface area contributed by atoms with Gasteiger partial charge in [-0.2, -0.15) is 10.2 Å². The van der Waals surface area contributed by atoms with Crippen LogP contribution >= 0.6 is 22.9 Å². The van der Waals surface area contributed by atoms with Crippen LogP contribution in [0.4, 0.5) is 0 Å². The van der Waals surface area contributed by atoms with Gasteiger partial charge in [-0.3, -0.25) is 9.89 Å². The zero-order valence-corrected chi connectivity index (χ0v) is 15.4. The lowest BCUT2D eigenvalue weighted by Crippen LogP contribution is -2.16. The Morgan fingerprint density at radius 3 is 2.80 bits per heavy atom. The number of aromatic nitrogens is 2. The van der Waals surface area contributed by atoms with E-state index >= 15 is 0 Å². The van der Waals surface area contributed by atoms with Gasteiger partial charge in [-0.25, -0.2) is 5.43 Å². The van der Waals surface area contributed by atoms with Crippen molar-refractivity contribution in [2.75, 3.05) is 0 Å². The molecule has 1 amide bonds. The minimum Gasteiger partial charge on any atom is -0.277 e. The Kier molecular flexibility index (Phi) is 5.31. The van der Waals surface area contributed by atoms with Gasteiger partial charge in [0.2, 0.25) is 0 Å². The first-order chi connectivity index (χ1) is 12.0. The first kappa shape index (κ1) is 17.4. The molecule has 0 unspecified atom stereocenters. The molecule has 7 heteroatoms. The highest BCUT2D eigenvalue weighted by Gasteiger charge is 2.10. The number of hydrogen-bond acceptors (Lipinski definition) is 4. The zero-order chi connectivity index (χ0) is 17.8. The van der Waals surface area contributed by atoms with Crippen molar-refractivity contribution in [3.05, 3.63) is 62.9 Å². The molecule has 3 aromatic rings. The molecular formula is C18H17ClN4OS. The van der Waals surface area contributed by atoms with Gasteiger partial charge >= 0.3 is 0 Å². The number of benzene rings is 1. The molecule has 3 rings (SSSR count). The summed E-state index contributed by atoms with van der Waals surface area (Å²) in [5, 5.41) is 13.5. The number of H-pyrrole nitrogens is 1. The van der Waals surface area contributed by atoms with E-state index in [1.54, 1.807) is 23.7 Å². The monoisotopic (exact) mass is 372 g/mol. The van der Waals surface area contributed by atoms with Crippen LogP contribution in [0.2, 0.25) is 5.02 Å². The first-order valence-corrected chi connectivity index (χ1v) is 9.01. The number of hydrogen-bond donors (Lipinski definition) is 2. The maximum Gasteiger partial charge on any atom is 0.272 e. The van der Waals surface area contributed by atoms with Gasteiger partial charge in [-0.15, -0.1) is 11.3 Å². The third-order valence-corrected chi connectivity index (χ3v) is 5.11. The fraction of sp³-hybridized carbons (Fsp3) is 0.167. The molecule has 1 aromatic carbocycles. The number of halogens is 1. The van der Waals surface area contributed by atoms with Crippen LogP contribution in [0, 0.1) is 0 Å². The summed E-state index contributed by atoms with van der Waals surface area (Å²) in [6.07, 6.45) is 3.22. The molecule has 0 saturated carbocycles. The molecule has 5 nitrogen and oxygen atoms in total. The number of rotatable bonds is 5. The average molecular weight is 373 g/mol. The largest absolute Gasteiger partial charge is 0.277 e. The highest BCUT2D eigenvalue weighted by molar-refractivity contribution is 7.10. The smallest absolute Gasteiger partial charge is 0.272 e. The van der Waals surface area contributed by atoms with E-state index in [4.69, 9.17) is 11.6 Å². The Balaban J connectivity index is 1.69. The maximum absolute atomic E-state index is 12.1. The second kappa shape index (κ2) is 7.63. The van der Waals surface area contributed by atoms with Crippen LogP contribution in [0.15, 0.2) is 47.0 Å². The molecule has 0 fully saturated rings. The third kappa shape index (κ3) is 4.15.